The zero-order chi connectivity index (χ0) is 21.6. The molecule has 3 aromatic heterocycles. The van der Waals surface area contributed by atoms with Crippen molar-refractivity contribution in [3.8, 4) is 22.8 Å². The first-order valence-electron chi connectivity index (χ1n) is 9.68. The van der Waals surface area contributed by atoms with Crippen LogP contribution in [0, 0.1) is 0 Å². The molecule has 1 aromatic carbocycles. The second kappa shape index (κ2) is 9.08. The summed E-state index contributed by atoms with van der Waals surface area (Å²) in [6.07, 6.45) is 3.48. The molecule has 3 heterocycles. The summed E-state index contributed by atoms with van der Waals surface area (Å²) in [6.45, 7) is 0.920. The van der Waals surface area contributed by atoms with Gasteiger partial charge in [0.1, 0.15) is 17.3 Å². The Morgan fingerprint density at radius 2 is 2.00 bits per heavy atom. The molecule has 0 aliphatic rings. The van der Waals surface area contributed by atoms with Gasteiger partial charge in [-0.1, -0.05) is 12.1 Å². The minimum Gasteiger partial charge on any atom is -0.497 e. The van der Waals surface area contributed by atoms with E-state index in [1.807, 2.05) is 42.5 Å². The minimum atomic E-state index is -0.203. The van der Waals surface area contributed by atoms with Crippen LogP contribution in [0.1, 0.15) is 10.5 Å². The van der Waals surface area contributed by atoms with Crippen LogP contribution in [0.2, 0.25) is 0 Å². The maximum absolute atomic E-state index is 12.6. The number of aryl methyl sites for hydroxylation is 1. The molecular formula is C21H22N8O2. The number of rotatable bonds is 8. The molecule has 0 aliphatic heterocycles. The van der Waals surface area contributed by atoms with Gasteiger partial charge in [-0.25, -0.2) is 4.68 Å². The second-order valence-electron chi connectivity index (χ2n) is 6.68. The molecule has 0 atom stereocenters. The summed E-state index contributed by atoms with van der Waals surface area (Å²) in [5.74, 6) is 1.78. The lowest BCUT2D eigenvalue weighted by Crippen LogP contribution is -2.30. The van der Waals surface area contributed by atoms with Gasteiger partial charge in [-0.05, 0) is 36.4 Å². The van der Waals surface area contributed by atoms with Gasteiger partial charge < -0.3 is 15.4 Å². The Hall–Kier alpha value is -4.21. The van der Waals surface area contributed by atoms with Crippen molar-refractivity contribution in [1.29, 1.82) is 0 Å². The molecule has 4 aromatic rings. The first-order chi connectivity index (χ1) is 15.1. The summed E-state index contributed by atoms with van der Waals surface area (Å²) in [5, 5.41) is 22.8. The molecule has 10 heteroatoms. The molecule has 0 bridgehead atoms. The van der Waals surface area contributed by atoms with Crippen LogP contribution in [0.4, 0.5) is 5.82 Å². The van der Waals surface area contributed by atoms with Crippen molar-refractivity contribution in [1.82, 2.24) is 35.1 Å². The number of hydrogen-bond acceptors (Lipinski definition) is 7. The Labute approximate surface area is 178 Å². The lowest BCUT2D eigenvalue weighted by molar-refractivity contribution is 0.0946. The van der Waals surface area contributed by atoms with Crippen molar-refractivity contribution in [3.05, 3.63) is 66.6 Å². The minimum absolute atomic E-state index is 0.203. The monoisotopic (exact) mass is 418 g/mol. The fourth-order valence-electron chi connectivity index (χ4n) is 3.01. The molecule has 10 nitrogen and oxygen atoms in total. The number of carbonyl (C=O) groups excluding carboxylic acids is 1. The fraction of sp³-hybridized carbons (Fsp3) is 0.190. The molecule has 1 amide bonds. The molecule has 0 aliphatic carbocycles. The number of benzene rings is 1. The Morgan fingerprint density at radius 3 is 2.74 bits per heavy atom. The quantitative estimate of drug-likeness (QED) is 0.421. The fourth-order valence-corrected chi connectivity index (χ4v) is 3.01. The summed E-state index contributed by atoms with van der Waals surface area (Å²) >= 11 is 0. The Balaban J connectivity index is 1.30. The molecule has 0 radical (unpaired) electrons. The third kappa shape index (κ3) is 4.69. The van der Waals surface area contributed by atoms with Gasteiger partial charge in [0.25, 0.3) is 5.91 Å². The number of nitrogens with zero attached hydrogens (tertiary/aromatic N) is 6. The van der Waals surface area contributed by atoms with Gasteiger partial charge in [0.2, 0.25) is 0 Å². The average molecular weight is 418 g/mol. The number of ether oxygens (including phenoxy) is 1. The van der Waals surface area contributed by atoms with Crippen LogP contribution in [-0.2, 0) is 7.05 Å². The van der Waals surface area contributed by atoms with E-state index in [1.165, 1.54) is 0 Å². The number of amides is 1. The Morgan fingerprint density at radius 1 is 1.10 bits per heavy atom. The number of methoxy groups -OCH3 is 1. The molecule has 0 saturated heterocycles. The SMILES string of the molecule is COc1cccc(-c2cc(C(=O)NCCNc3ccc(-n4cccn4)nn3)n(C)n2)c1. The standard InChI is InChI=1S/C21H22N8O2/c1-28-18(14-17(27-28)15-5-3-6-16(13-15)31-2)21(30)23-11-10-22-19-7-8-20(26-25-19)29-12-4-9-24-29/h3-9,12-14H,10-11H2,1-2H3,(H,22,25)(H,23,30). The van der Waals surface area contributed by atoms with Crippen LogP contribution < -0.4 is 15.4 Å². The van der Waals surface area contributed by atoms with E-state index in [1.54, 1.807) is 42.0 Å². The van der Waals surface area contributed by atoms with Crippen LogP contribution >= 0.6 is 0 Å². The highest BCUT2D eigenvalue weighted by atomic mass is 16.5. The highest BCUT2D eigenvalue weighted by molar-refractivity contribution is 5.93. The van der Waals surface area contributed by atoms with Crippen LogP contribution in [0.5, 0.6) is 5.75 Å². The van der Waals surface area contributed by atoms with Crippen molar-refractivity contribution in [2.45, 2.75) is 0 Å². The summed E-state index contributed by atoms with van der Waals surface area (Å²) < 4.78 is 8.45. The molecular weight excluding hydrogens is 396 g/mol. The Kier molecular flexibility index (Phi) is 5.88. The maximum Gasteiger partial charge on any atom is 0.269 e. The summed E-state index contributed by atoms with van der Waals surface area (Å²) in [4.78, 5) is 12.6. The normalized spacial score (nSPS) is 10.6. The summed E-state index contributed by atoms with van der Waals surface area (Å²) in [7, 11) is 3.36. The third-order valence-corrected chi connectivity index (χ3v) is 4.58. The molecule has 158 valence electrons. The van der Waals surface area contributed by atoms with Crippen LogP contribution in [-0.4, -0.2) is 55.9 Å². The topological polar surface area (TPSA) is 112 Å². The summed E-state index contributed by atoms with van der Waals surface area (Å²) in [5.41, 5.74) is 2.06. The van der Waals surface area contributed by atoms with E-state index in [2.05, 4.69) is 31.0 Å². The predicted octanol–water partition coefficient (Wildman–Crippen LogP) is 1.91. The lowest BCUT2D eigenvalue weighted by Gasteiger charge is -2.07. The van der Waals surface area contributed by atoms with E-state index < -0.39 is 0 Å². The van der Waals surface area contributed by atoms with Gasteiger partial charge in [0, 0.05) is 38.1 Å². The Bertz CT molecular complexity index is 1150. The highest BCUT2D eigenvalue weighted by Crippen LogP contribution is 2.23. The number of nitrogens with one attached hydrogen (secondary N) is 2. The van der Waals surface area contributed by atoms with E-state index in [0.29, 0.717) is 36.1 Å². The molecule has 2 N–H and O–H groups in total. The molecule has 0 spiro atoms. The number of aromatic nitrogens is 6. The number of anilines is 1. The van der Waals surface area contributed by atoms with Crippen molar-refractivity contribution >= 4 is 11.7 Å². The van der Waals surface area contributed by atoms with Crippen molar-refractivity contribution < 1.29 is 9.53 Å². The molecule has 0 unspecified atom stereocenters. The highest BCUT2D eigenvalue weighted by Gasteiger charge is 2.14. The smallest absolute Gasteiger partial charge is 0.269 e. The zero-order valence-corrected chi connectivity index (χ0v) is 17.2. The predicted molar refractivity (Wildman–Crippen MR) is 115 cm³/mol. The number of carbonyl (C=O) groups is 1. The van der Waals surface area contributed by atoms with Crippen LogP contribution in [0.15, 0.2) is 60.9 Å². The summed E-state index contributed by atoms with van der Waals surface area (Å²) in [6, 6.07) is 14.8. The van der Waals surface area contributed by atoms with E-state index in [-0.39, 0.29) is 5.91 Å². The van der Waals surface area contributed by atoms with Gasteiger partial charge in [-0.3, -0.25) is 9.48 Å². The third-order valence-electron chi connectivity index (χ3n) is 4.58. The van der Waals surface area contributed by atoms with Gasteiger partial charge >= 0.3 is 0 Å². The van der Waals surface area contributed by atoms with Gasteiger partial charge in [0.05, 0.1) is 12.8 Å². The molecule has 31 heavy (non-hydrogen) atoms. The van der Waals surface area contributed by atoms with E-state index in [9.17, 15) is 4.79 Å². The van der Waals surface area contributed by atoms with Crippen molar-refractivity contribution in [2.75, 3.05) is 25.5 Å². The second-order valence-corrected chi connectivity index (χ2v) is 6.68. The van der Waals surface area contributed by atoms with Gasteiger partial charge in [0.15, 0.2) is 5.82 Å². The molecule has 0 saturated carbocycles. The van der Waals surface area contributed by atoms with Crippen LogP contribution in [0.25, 0.3) is 17.1 Å². The maximum atomic E-state index is 12.6. The first-order valence-corrected chi connectivity index (χ1v) is 9.68. The van der Waals surface area contributed by atoms with Gasteiger partial charge in [-0.2, -0.15) is 10.2 Å². The van der Waals surface area contributed by atoms with E-state index in [0.717, 1.165) is 11.3 Å². The van der Waals surface area contributed by atoms with E-state index >= 15 is 0 Å². The lowest BCUT2D eigenvalue weighted by atomic mass is 10.1. The van der Waals surface area contributed by atoms with Crippen molar-refractivity contribution in [2.24, 2.45) is 7.05 Å². The first kappa shape index (κ1) is 20.1. The van der Waals surface area contributed by atoms with Crippen LogP contribution in [0.3, 0.4) is 0 Å². The number of hydrogen-bond donors (Lipinski definition) is 2. The average Bonchev–Trinajstić information content (AvgIpc) is 3.47. The largest absolute Gasteiger partial charge is 0.497 e. The zero-order valence-electron chi connectivity index (χ0n) is 17.2. The van der Waals surface area contributed by atoms with E-state index in [4.69, 9.17) is 4.74 Å². The van der Waals surface area contributed by atoms with Gasteiger partial charge in [-0.15, -0.1) is 10.2 Å². The molecule has 0 fully saturated rings. The molecule has 4 rings (SSSR count). The van der Waals surface area contributed by atoms with Crippen molar-refractivity contribution in [3.63, 3.8) is 0 Å².